The Kier molecular flexibility index (Phi) is 2.91. The van der Waals surface area contributed by atoms with Crippen molar-refractivity contribution < 1.29 is 9.53 Å². The molecule has 82 valence electrons. The second-order valence-electron chi connectivity index (χ2n) is 3.78. The monoisotopic (exact) mass is 214 g/mol. The average Bonchev–Trinajstić information content (AvgIpc) is 2.33. The summed E-state index contributed by atoms with van der Waals surface area (Å²) in [5.41, 5.74) is 1.51. The Morgan fingerprint density at radius 2 is 2.06 bits per heavy atom. The van der Waals surface area contributed by atoms with Crippen molar-refractivity contribution in [1.82, 2.24) is 0 Å². The van der Waals surface area contributed by atoms with Gasteiger partial charge in [-0.1, -0.05) is 36.9 Å². The smallest absolute Gasteiger partial charge is 0.170 e. The van der Waals surface area contributed by atoms with Crippen molar-refractivity contribution in [2.75, 3.05) is 0 Å². The molecule has 1 fully saturated rings. The van der Waals surface area contributed by atoms with E-state index in [9.17, 15) is 4.79 Å². The van der Waals surface area contributed by atoms with Gasteiger partial charge in [0.05, 0.1) is 12.0 Å². The predicted octanol–water partition coefficient (Wildman–Crippen LogP) is 3.18. The largest absolute Gasteiger partial charge is 0.485 e. The van der Waals surface area contributed by atoms with E-state index < -0.39 is 0 Å². The number of rotatable bonds is 1. The first-order chi connectivity index (χ1) is 7.72. The number of carbonyl (C=O) groups excluding carboxylic acids is 1. The van der Waals surface area contributed by atoms with Crippen LogP contribution in [0, 0.1) is 0 Å². The summed E-state index contributed by atoms with van der Waals surface area (Å²) < 4.78 is 5.75. The fourth-order valence-electron chi connectivity index (χ4n) is 1.79. The number of Topliss-reactive ketones (excluding diaryl/α,β-unsaturated/α-hetero) is 1. The summed E-state index contributed by atoms with van der Waals surface area (Å²) in [6.07, 6.45) is 1.99. The van der Waals surface area contributed by atoms with Crippen LogP contribution in [0.2, 0.25) is 0 Å². The maximum atomic E-state index is 11.7. The van der Waals surface area contributed by atoms with Gasteiger partial charge in [0.15, 0.2) is 5.78 Å². The van der Waals surface area contributed by atoms with E-state index in [2.05, 4.69) is 6.58 Å². The summed E-state index contributed by atoms with van der Waals surface area (Å²) in [5, 5.41) is 0. The lowest BCUT2D eigenvalue weighted by Crippen LogP contribution is -2.20. The van der Waals surface area contributed by atoms with Crippen LogP contribution in [0.1, 0.15) is 25.0 Å². The van der Waals surface area contributed by atoms with Crippen LogP contribution in [0.3, 0.4) is 0 Å². The Bertz CT molecular complexity index is 443. The Balaban J connectivity index is 2.27. The fourth-order valence-corrected chi connectivity index (χ4v) is 1.79. The molecule has 1 aromatic rings. The molecule has 0 radical (unpaired) electrons. The van der Waals surface area contributed by atoms with Crippen LogP contribution in [0.15, 0.2) is 54.3 Å². The van der Waals surface area contributed by atoms with E-state index in [-0.39, 0.29) is 11.9 Å². The van der Waals surface area contributed by atoms with E-state index in [0.29, 0.717) is 17.8 Å². The van der Waals surface area contributed by atoms with Crippen LogP contribution in [0.5, 0.6) is 0 Å². The van der Waals surface area contributed by atoms with Gasteiger partial charge in [0.2, 0.25) is 0 Å². The van der Waals surface area contributed by atoms with Crippen molar-refractivity contribution in [1.29, 1.82) is 0 Å². The zero-order chi connectivity index (χ0) is 11.5. The molecular formula is C14H14O2. The van der Waals surface area contributed by atoms with Crippen LogP contribution < -0.4 is 0 Å². The molecule has 1 aliphatic rings. The highest BCUT2D eigenvalue weighted by atomic mass is 16.5. The Labute approximate surface area is 95.2 Å². The molecule has 0 bridgehead atoms. The SMILES string of the molecule is C=C1C(=O)CC(c2ccccc2)OC1=CC. The van der Waals surface area contributed by atoms with Crippen molar-refractivity contribution in [3.63, 3.8) is 0 Å². The summed E-state index contributed by atoms with van der Waals surface area (Å²) in [6, 6.07) is 9.78. The third-order valence-electron chi connectivity index (χ3n) is 2.71. The first-order valence-electron chi connectivity index (χ1n) is 5.32. The highest BCUT2D eigenvalue weighted by Gasteiger charge is 2.28. The lowest BCUT2D eigenvalue weighted by molar-refractivity contribution is -0.120. The molecule has 1 aromatic carbocycles. The lowest BCUT2D eigenvalue weighted by Gasteiger charge is -2.26. The number of ether oxygens (including phenoxy) is 1. The molecule has 2 nitrogen and oxygen atoms in total. The van der Waals surface area contributed by atoms with Crippen LogP contribution >= 0.6 is 0 Å². The van der Waals surface area contributed by atoms with Crippen molar-refractivity contribution in [2.24, 2.45) is 0 Å². The van der Waals surface area contributed by atoms with E-state index in [0.717, 1.165) is 5.56 Å². The van der Waals surface area contributed by atoms with Gasteiger partial charge >= 0.3 is 0 Å². The summed E-state index contributed by atoms with van der Waals surface area (Å²) in [7, 11) is 0. The van der Waals surface area contributed by atoms with Gasteiger partial charge in [-0.2, -0.15) is 0 Å². The minimum Gasteiger partial charge on any atom is -0.485 e. The van der Waals surface area contributed by atoms with Crippen LogP contribution in [0.25, 0.3) is 0 Å². The van der Waals surface area contributed by atoms with E-state index in [1.807, 2.05) is 37.3 Å². The minimum atomic E-state index is -0.176. The lowest BCUT2D eigenvalue weighted by atomic mass is 9.96. The molecule has 1 atom stereocenters. The number of ketones is 1. The number of hydrogen-bond acceptors (Lipinski definition) is 2. The van der Waals surface area contributed by atoms with Crippen molar-refractivity contribution in [2.45, 2.75) is 19.4 Å². The number of hydrogen-bond donors (Lipinski definition) is 0. The van der Waals surface area contributed by atoms with E-state index in [1.165, 1.54) is 0 Å². The highest BCUT2D eigenvalue weighted by molar-refractivity contribution is 5.99. The van der Waals surface area contributed by atoms with Crippen LogP contribution in [0.4, 0.5) is 0 Å². The third-order valence-corrected chi connectivity index (χ3v) is 2.71. The first kappa shape index (κ1) is 10.7. The van der Waals surface area contributed by atoms with Gasteiger partial charge in [0.25, 0.3) is 0 Å². The van der Waals surface area contributed by atoms with Gasteiger partial charge in [-0.25, -0.2) is 0 Å². The third kappa shape index (κ3) is 1.91. The summed E-state index contributed by atoms with van der Waals surface area (Å²) >= 11 is 0. The molecule has 1 heterocycles. The van der Waals surface area contributed by atoms with Gasteiger partial charge in [-0.3, -0.25) is 4.79 Å². The second-order valence-corrected chi connectivity index (χ2v) is 3.78. The molecule has 1 unspecified atom stereocenters. The summed E-state index contributed by atoms with van der Waals surface area (Å²) in [4.78, 5) is 11.7. The Morgan fingerprint density at radius 3 is 2.69 bits per heavy atom. The normalized spacial score (nSPS) is 23.3. The molecule has 0 amide bonds. The standard InChI is InChI=1S/C14H14O2/c1-3-13-10(2)12(15)9-14(16-13)11-7-5-4-6-8-11/h3-8,14H,2,9H2,1H3. The number of benzene rings is 1. The molecule has 0 N–H and O–H groups in total. The van der Waals surface area contributed by atoms with E-state index in [4.69, 9.17) is 4.74 Å². The molecule has 1 aliphatic heterocycles. The molecule has 2 heteroatoms. The van der Waals surface area contributed by atoms with E-state index >= 15 is 0 Å². The van der Waals surface area contributed by atoms with Gasteiger partial charge in [0.1, 0.15) is 11.9 Å². The first-order valence-corrected chi connectivity index (χ1v) is 5.32. The average molecular weight is 214 g/mol. The molecule has 2 rings (SSSR count). The topological polar surface area (TPSA) is 26.3 Å². The van der Waals surface area contributed by atoms with Gasteiger partial charge in [-0.05, 0) is 18.6 Å². The molecule has 1 saturated heterocycles. The zero-order valence-corrected chi connectivity index (χ0v) is 9.27. The van der Waals surface area contributed by atoms with Crippen molar-refractivity contribution >= 4 is 5.78 Å². The molecule has 0 saturated carbocycles. The quantitative estimate of drug-likeness (QED) is 0.671. The molecule has 16 heavy (non-hydrogen) atoms. The Hall–Kier alpha value is -1.83. The van der Waals surface area contributed by atoms with Gasteiger partial charge in [0, 0.05) is 0 Å². The molecule has 0 aliphatic carbocycles. The van der Waals surface area contributed by atoms with Crippen molar-refractivity contribution in [3.8, 4) is 0 Å². The molecule has 0 spiro atoms. The molecule has 0 aromatic heterocycles. The van der Waals surface area contributed by atoms with Crippen LogP contribution in [-0.2, 0) is 9.53 Å². The fraction of sp³-hybridized carbons (Fsp3) is 0.214. The molecular weight excluding hydrogens is 200 g/mol. The summed E-state index contributed by atoms with van der Waals surface area (Å²) in [6.45, 7) is 5.58. The van der Waals surface area contributed by atoms with Crippen LogP contribution in [-0.4, -0.2) is 5.78 Å². The minimum absolute atomic E-state index is 0.0632. The van der Waals surface area contributed by atoms with Gasteiger partial charge in [-0.15, -0.1) is 0 Å². The van der Waals surface area contributed by atoms with Crippen molar-refractivity contribution in [3.05, 3.63) is 59.9 Å². The number of allylic oxidation sites excluding steroid dienone is 2. The highest BCUT2D eigenvalue weighted by Crippen LogP contribution is 2.33. The number of carbonyl (C=O) groups is 1. The maximum absolute atomic E-state index is 11.7. The second kappa shape index (κ2) is 4.35. The summed E-state index contributed by atoms with van der Waals surface area (Å²) in [5.74, 6) is 0.665. The van der Waals surface area contributed by atoms with E-state index in [1.54, 1.807) is 6.08 Å². The maximum Gasteiger partial charge on any atom is 0.170 e. The predicted molar refractivity (Wildman–Crippen MR) is 62.8 cm³/mol. The van der Waals surface area contributed by atoms with Gasteiger partial charge < -0.3 is 4.74 Å². The zero-order valence-electron chi connectivity index (χ0n) is 9.27. The Morgan fingerprint density at radius 1 is 1.38 bits per heavy atom.